The average molecular weight is 470 g/mol. The van der Waals surface area contributed by atoms with Crippen molar-refractivity contribution in [2.45, 2.75) is 30.9 Å². The first-order valence-corrected chi connectivity index (χ1v) is 11.9. The third kappa shape index (κ3) is 7.42. The first-order chi connectivity index (χ1) is 14.5. The van der Waals surface area contributed by atoms with Crippen molar-refractivity contribution in [3.63, 3.8) is 0 Å². The lowest BCUT2D eigenvalue weighted by atomic mass is 10.2. The van der Waals surface area contributed by atoms with Crippen molar-refractivity contribution >= 4 is 49.8 Å². The molecule has 0 atom stereocenters. The zero-order valence-corrected chi connectivity index (χ0v) is 18.8. The van der Waals surface area contributed by atoms with Crippen LogP contribution in [0, 0.1) is 5.92 Å². The smallest absolute Gasteiger partial charge is 0.309 e. The number of amides is 2. The third-order valence-electron chi connectivity index (χ3n) is 3.63. The summed E-state index contributed by atoms with van der Waals surface area (Å²) >= 11 is 0.632. The van der Waals surface area contributed by atoms with Crippen LogP contribution in [0.15, 0.2) is 34.5 Å². The normalized spacial score (nSPS) is 11.4. The number of hydrogen-bond acceptors (Lipinski definition) is 8. The lowest BCUT2D eigenvalue weighted by Gasteiger charge is -2.22. The van der Waals surface area contributed by atoms with E-state index in [1.54, 1.807) is 30.3 Å². The summed E-state index contributed by atoms with van der Waals surface area (Å²) in [5.41, 5.74) is 0.283. The summed E-state index contributed by atoms with van der Waals surface area (Å²) in [5, 5.41) is 12.2. The number of carboxylic acids is 1. The van der Waals surface area contributed by atoms with E-state index in [0.29, 0.717) is 17.0 Å². The lowest BCUT2D eigenvalue weighted by Crippen LogP contribution is -2.35. The molecule has 0 fully saturated rings. The van der Waals surface area contributed by atoms with Gasteiger partial charge in [0.05, 0.1) is 24.4 Å². The minimum absolute atomic E-state index is 0.108. The molecule has 2 rings (SSSR count). The predicted molar refractivity (Wildman–Crippen MR) is 115 cm³/mol. The second-order valence-electron chi connectivity index (χ2n) is 7.03. The summed E-state index contributed by atoms with van der Waals surface area (Å²) in [7, 11) is -3.74. The number of carbonyl (C=O) groups is 3. The maximum absolute atomic E-state index is 12.7. The number of carbonyl (C=O) groups excluding carboxylic acids is 2. The number of hydrogen-bond donors (Lipinski definition) is 2. The number of aliphatic carboxylic acids is 1. The topological polar surface area (TPSA) is 143 Å². The number of hydroxylamine groups is 1. The van der Waals surface area contributed by atoms with E-state index < -0.39 is 40.5 Å². The molecule has 0 bridgehead atoms. The molecule has 0 aliphatic heterocycles. The molecule has 0 unspecified atom stereocenters. The second kappa shape index (κ2) is 10.5. The zero-order chi connectivity index (χ0) is 23.2. The number of rotatable bonds is 10. The van der Waals surface area contributed by atoms with E-state index in [4.69, 9.17) is 9.94 Å². The van der Waals surface area contributed by atoms with E-state index >= 15 is 0 Å². The van der Waals surface area contributed by atoms with Gasteiger partial charge in [-0.3, -0.25) is 19.2 Å². The molecular formula is C19H23N3O7S2. The fraction of sp³-hybridized carbons (Fsp3) is 0.368. The summed E-state index contributed by atoms with van der Waals surface area (Å²) in [4.78, 5) is 45.5. The van der Waals surface area contributed by atoms with Crippen molar-refractivity contribution < 1.29 is 32.7 Å². The van der Waals surface area contributed by atoms with Crippen LogP contribution in [0.4, 0.5) is 10.8 Å². The third-order valence-corrected chi connectivity index (χ3v) is 6.50. The van der Waals surface area contributed by atoms with E-state index in [2.05, 4.69) is 10.3 Å². The van der Waals surface area contributed by atoms with Crippen molar-refractivity contribution in [3.8, 4) is 0 Å². The van der Waals surface area contributed by atoms with E-state index in [0.717, 1.165) is 11.3 Å². The van der Waals surface area contributed by atoms with E-state index in [1.165, 1.54) is 0 Å². The van der Waals surface area contributed by atoms with Crippen LogP contribution in [-0.4, -0.2) is 49.2 Å². The Kier molecular flexibility index (Phi) is 8.25. The quantitative estimate of drug-likeness (QED) is 0.398. The molecule has 1 heterocycles. The highest BCUT2D eigenvalue weighted by atomic mass is 32.2. The number of sulfone groups is 1. The summed E-state index contributed by atoms with van der Waals surface area (Å²) in [6.07, 6.45) is -0.279. The Morgan fingerprint density at radius 1 is 1.23 bits per heavy atom. The molecule has 2 amide bonds. The molecule has 2 N–H and O–H groups in total. The SMILES string of the molecule is CC(C)CON(C(=O)CC(=O)Nc1nc(CC(=O)O)c(S(C)(=O)=O)s1)c1ccccc1. The van der Waals surface area contributed by atoms with Crippen molar-refractivity contribution in [1.29, 1.82) is 0 Å². The Bertz CT molecular complexity index is 1050. The summed E-state index contributed by atoms with van der Waals surface area (Å²) in [6.45, 7) is 4.08. The fourth-order valence-corrected chi connectivity index (χ4v) is 4.51. The number of para-hydroxylation sites is 1. The number of anilines is 2. The minimum atomic E-state index is -3.74. The van der Waals surface area contributed by atoms with Gasteiger partial charge in [-0.05, 0) is 18.1 Å². The van der Waals surface area contributed by atoms with Gasteiger partial charge in [0.2, 0.25) is 5.91 Å². The molecule has 31 heavy (non-hydrogen) atoms. The van der Waals surface area contributed by atoms with Crippen LogP contribution >= 0.6 is 11.3 Å². The average Bonchev–Trinajstić information content (AvgIpc) is 3.04. The Morgan fingerprint density at radius 2 is 1.87 bits per heavy atom. The number of carboxylic acid groups (broad SMARTS) is 1. The van der Waals surface area contributed by atoms with E-state index in [9.17, 15) is 22.8 Å². The number of nitrogens with zero attached hydrogens (tertiary/aromatic N) is 2. The number of nitrogens with one attached hydrogen (secondary N) is 1. The maximum Gasteiger partial charge on any atom is 0.309 e. The first-order valence-electron chi connectivity index (χ1n) is 9.19. The van der Waals surface area contributed by atoms with Crippen molar-refractivity contribution in [2.75, 3.05) is 23.2 Å². The Hall–Kier alpha value is -2.83. The fourth-order valence-electron chi connectivity index (χ4n) is 2.39. The number of benzene rings is 1. The minimum Gasteiger partial charge on any atom is -0.481 e. The van der Waals surface area contributed by atoms with E-state index in [-0.39, 0.29) is 27.6 Å². The van der Waals surface area contributed by atoms with Crippen LogP contribution in [-0.2, 0) is 35.5 Å². The molecule has 168 valence electrons. The van der Waals surface area contributed by atoms with Gasteiger partial charge >= 0.3 is 5.97 Å². The Labute approximate surface area is 183 Å². The summed E-state index contributed by atoms with van der Waals surface area (Å²) in [6, 6.07) is 8.54. The standard InChI is InChI=1S/C19H23N3O7S2/c1-12(2)11-29-22(13-7-5-4-6-8-13)16(24)10-15(23)21-19-20-14(9-17(25)26)18(30-19)31(3,27)28/h4-8,12H,9-11H2,1-3H3,(H,25,26)(H,20,21,23). The predicted octanol–water partition coefficient (Wildman–Crippen LogP) is 2.12. The van der Waals surface area contributed by atoms with Gasteiger partial charge < -0.3 is 10.4 Å². The van der Waals surface area contributed by atoms with Gasteiger partial charge in [0.15, 0.2) is 15.0 Å². The van der Waals surface area contributed by atoms with Gasteiger partial charge in [-0.25, -0.2) is 13.4 Å². The van der Waals surface area contributed by atoms with Crippen LogP contribution in [0.1, 0.15) is 26.0 Å². The van der Waals surface area contributed by atoms with Crippen LogP contribution in [0.5, 0.6) is 0 Å². The van der Waals surface area contributed by atoms with Crippen LogP contribution in [0.3, 0.4) is 0 Å². The largest absolute Gasteiger partial charge is 0.481 e. The summed E-state index contributed by atoms with van der Waals surface area (Å²) in [5.74, 6) is -2.49. The van der Waals surface area contributed by atoms with Gasteiger partial charge in [0.1, 0.15) is 10.6 Å². The second-order valence-corrected chi connectivity index (χ2v) is 10.2. The number of aromatic nitrogens is 1. The molecule has 1 aromatic carbocycles. The van der Waals surface area contributed by atoms with Gasteiger partial charge in [-0.2, -0.15) is 5.06 Å². The summed E-state index contributed by atoms with van der Waals surface area (Å²) < 4.78 is 23.5. The molecular weight excluding hydrogens is 446 g/mol. The molecule has 2 aromatic rings. The first kappa shape index (κ1) is 24.4. The molecule has 0 aliphatic carbocycles. The molecule has 0 radical (unpaired) electrons. The highest BCUT2D eigenvalue weighted by molar-refractivity contribution is 7.92. The lowest BCUT2D eigenvalue weighted by molar-refractivity contribution is -0.136. The molecule has 0 aliphatic rings. The molecule has 12 heteroatoms. The molecule has 0 spiro atoms. The van der Waals surface area contributed by atoms with Gasteiger partial charge in [-0.1, -0.05) is 43.4 Å². The highest BCUT2D eigenvalue weighted by Gasteiger charge is 2.25. The zero-order valence-electron chi connectivity index (χ0n) is 17.2. The maximum atomic E-state index is 12.7. The van der Waals surface area contributed by atoms with Crippen molar-refractivity contribution in [3.05, 3.63) is 36.0 Å². The Balaban J connectivity index is 2.15. The van der Waals surface area contributed by atoms with Crippen LogP contribution in [0.2, 0.25) is 0 Å². The van der Waals surface area contributed by atoms with Crippen molar-refractivity contribution in [1.82, 2.24) is 4.98 Å². The van der Waals surface area contributed by atoms with Crippen LogP contribution in [0.25, 0.3) is 0 Å². The Morgan fingerprint density at radius 3 is 2.42 bits per heavy atom. The highest BCUT2D eigenvalue weighted by Crippen LogP contribution is 2.28. The van der Waals surface area contributed by atoms with Crippen LogP contribution < -0.4 is 10.4 Å². The molecule has 0 saturated heterocycles. The molecule has 10 nitrogen and oxygen atoms in total. The van der Waals surface area contributed by atoms with Gasteiger partial charge in [0, 0.05) is 6.26 Å². The van der Waals surface area contributed by atoms with Gasteiger partial charge in [-0.15, -0.1) is 0 Å². The van der Waals surface area contributed by atoms with Crippen molar-refractivity contribution in [2.24, 2.45) is 5.92 Å². The molecule has 1 aromatic heterocycles. The number of thiazole rings is 1. The monoisotopic (exact) mass is 469 g/mol. The van der Waals surface area contributed by atoms with Gasteiger partial charge in [0.25, 0.3) is 5.91 Å². The van der Waals surface area contributed by atoms with E-state index in [1.807, 2.05) is 13.8 Å². The molecule has 0 saturated carbocycles.